The zero-order valence-corrected chi connectivity index (χ0v) is 18.8. The molecule has 0 fully saturated rings. The minimum Gasteiger partial charge on any atom is -0.352 e. The molecule has 3 aromatic rings. The van der Waals surface area contributed by atoms with Gasteiger partial charge < -0.3 is 10.2 Å². The molecule has 1 aromatic heterocycles. The number of thiazole rings is 1. The standard InChI is InChI=1S/C24H29N3O2S/c1-5-27(16-21(28)25-17(2)3)23(29)24(4,18-11-7-6-8-12-18)15-22-26-19-13-9-10-14-20(19)30-22/h6-14,17H,5,15-16H2,1-4H3,(H,25,28). The zero-order chi connectivity index (χ0) is 21.7. The zero-order valence-electron chi connectivity index (χ0n) is 18.0. The largest absolute Gasteiger partial charge is 0.352 e. The van der Waals surface area contributed by atoms with Crippen molar-refractivity contribution in [2.75, 3.05) is 13.1 Å². The van der Waals surface area contributed by atoms with Crippen molar-refractivity contribution in [3.05, 3.63) is 65.2 Å². The molecule has 3 rings (SSSR count). The third kappa shape index (κ3) is 4.87. The van der Waals surface area contributed by atoms with Gasteiger partial charge in [-0.05, 0) is 45.4 Å². The van der Waals surface area contributed by atoms with Crippen molar-refractivity contribution in [2.45, 2.75) is 45.6 Å². The molecular formula is C24H29N3O2S. The Hall–Kier alpha value is -2.73. The van der Waals surface area contributed by atoms with Gasteiger partial charge in [0, 0.05) is 19.0 Å². The summed E-state index contributed by atoms with van der Waals surface area (Å²) >= 11 is 1.62. The van der Waals surface area contributed by atoms with Crippen LogP contribution >= 0.6 is 11.3 Å². The molecule has 30 heavy (non-hydrogen) atoms. The molecular weight excluding hydrogens is 394 g/mol. The topological polar surface area (TPSA) is 62.3 Å². The van der Waals surface area contributed by atoms with Crippen molar-refractivity contribution < 1.29 is 9.59 Å². The van der Waals surface area contributed by atoms with E-state index in [4.69, 9.17) is 4.98 Å². The van der Waals surface area contributed by atoms with E-state index in [-0.39, 0.29) is 24.4 Å². The molecule has 1 heterocycles. The number of carbonyl (C=O) groups excluding carboxylic acids is 2. The van der Waals surface area contributed by atoms with Gasteiger partial charge in [0.2, 0.25) is 11.8 Å². The lowest BCUT2D eigenvalue weighted by Crippen LogP contribution is -2.50. The molecule has 1 atom stereocenters. The number of hydrogen-bond donors (Lipinski definition) is 1. The minimum absolute atomic E-state index is 0.0366. The second kappa shape index (κ2) is 9.39. The Labute approximate surface area is 182 Å². The molecule has 2 aromatic carbocycles. The van der Waals surface area contributed by atoms with Gasteiger partial charge in [0.25, 0.3) is 0 Å². The average molecular weight is 424 g/mol. The summed E-state index contributed by atoms with van der Waals surface area (Å²) in [4.78, 5) is 32.5. The fraction of sp³-hybridized carbons (Fsp3) is 0.375. The summed E-state index contributed by atoms with van der Waals surface area (Å²) in [6.07, 6.45) is 0.484. The number of para-hydroxylation sites is 1. The Morgan fingerprint density at radius 1 is 1.10 bits per heavy atom. The molecule has 0 radical (unpaired) electrons. The van der Waals surface area contributed by atoms with Gasteiger partial charge in [0.05, 0.1) is 27.2 Å². The van der Waals surface area contributed by atoms with Crippen LogP contribution < -0.4 is 5.32 Å². The van der Waals surface area contributed by atoms with Crippen LogP contribution in [0, 0.1) is 0 Å². The number of amides is 2. The summed E-state index contributed by atoms with van der Waals surface area (Å²) in [5.41, 5.74) is 1.06. The first-order valence-corrected chi connectivity index (χ1v) is 11.1. The van der Waals surface area contributed by atoms with E-state index in [1.807, 2.05) is 82.3 Å². The molecule has 0 aliphatic carbocycles. The van der Waals surface area contributed by atoms with Gasteiger partial charge in [-0.15, -0.1) is 11.3 Å². The first-order valence-electron chi connectivity index (χ1n) is 10.3. The molecule has 6 heteroatoms. The number of aromatic nitrogens is 1. The number of fused-ring (bicyclic) bond motifs is 1. The third-order valence-corrected chi connectivity index (χ3v) is 6.22. The van der Waals surface area contributed by atoms with Crippen molar-refractivity contribution in [3.8, 4) is 0 Å². The third-order valence-electron chi connectivity index (χ3n) is 5.18. The lowest BCUT2D eigenvalue weighted by atomic mass is 9.78. The molecule has 0 bridgehead atoms. The van der Waals surface area contributed by atoms with Gasteiger partial charge in [0.15, 0.2) is 0 Å². The molecule has 0 saturated carbocycles. The second-order valence-corrected chi connectivity index (χ2v) is 9.11. The monoisotopic (exact) mass is 423 g/mol. The number of benzene rings is 2. The first-order chi connectivity index (χ1) is 14.3. The van der Waals surface area contributed by atoms with E-state index in [1.165, 1.54) is 0 Å². The summed E-state index contributed by atoms with van der Waals surface area (Å²) in [6, 6.07) is 17.8. The minimum atomic E-state index is -0.816. The van der Waals surface area contributed by atoms with Gasteiger partial charge >= 0.3 is 0 Å². The van der Waals surface area contributed by atoms with Crippen LogP contribution in [0.1, 0.15) is 38.3 Å². The number of hydrogen-bond acceptors (Lipinski definition) is 4. The lowest BCUT2D eigenvalue weighted by Gasteiger charge is -2.34. The smallest absolute Gasteiger partial charge is 0.239 e. The van der Waals surface area contributed by atoms with Crippen molar-refractivity contribution in [1.82, 2.24) is 15.2 Å². The van der Waals surface area contributed by atoms with E-state index in [1.54, 1.807) is 16.2 Å². The Balaban J connectivity index is 1.94. The van der Waals surface area contributed by atoms with Crippen LogP contribution in [0.5, 0.6) is 0 Å². The van der Waals surface area contributed by atoms with Crippen molar-refractivity contribution in [1.29, 1.82) is 0 Å². The van der Waals surface area contributed by atoms with Gasteiger partial charge in [-0.2, -0.15) is 0 Å². The Kier molecular flexibility index (Phi) is 6.87. The maximum atomic E-state index is 13.8. The maximum absolute atomic E-state index is 13.8. The molecule has 5 nitrogen and oxygen atoms in total. The highest BCUT2D eigenvalue weighted by molar-refractivity contribution is 7.18. The fourth-order valence-electron chi connectivity index (χ4n) is 3.62. The fourth-order valence-corrected chi connectivity index (χ4v) is 4.75. The highest BCUT2D eigenvalue weighted by Gasteiger charge is 2.39. The molecule has 2 amide bonds. The second-order valence-electron chi connectivity index (χ2n) is 7.99. The summed E-state index contributed by atoms with van der Waals surface area (Å²) in [5, 5.41) is 3.79. The highest BCUT2D eigenvalue weighted by Crippen LogP contribution is 2.33. The highest BCUT2D eigenvalue weighted by atomic mass is 32.1. The molecule has 0 aliphatic rings. The lowest BCUT2D eigenvalue weighted by molar-refractivity contribution is -0.140. The SMILES string of the molecule is CCN(CC(=O)NC(C)C)C(=O)C(C)(Cc1nc2ccccc2s1)c1ccccc1. The number of likely N-dealkylation sites (N-methyl/N-ethyl adjacent to an activating group) is 1. The van der Waals surface area contributed by atoms with Crippen molar-refractivity contribution in [2.24, 2.45) is 0 Å². The average Bonchev–Trinajstić information content (AvgIpc) is 3.13. The normalized spacial score (nSPS) is 13.2. The van der Waals surface area contributed by atoms with Gasteiger partial charge in [-0.25, -0.2) is 4.98 Å². The van der Waals surface area contributed by atoms with Gasteiger partial charge in [0.1, 0.15) is 0 Å². The van der Waals surface area contributed by atoms with E-state index in [9.17, 15) is 9.59 Å². The van der Waals surface area contributed by atoms with Crippen LogP contribution in [0.15, 0.2) is 54.6 Å². The van der Waals surface area contributed by atoms with Crippen molar-refractivity contribution in [3.63, 3.8) is 0 Å². The number of rotatable bonds is 8. The Morgan fingerprint density at radius 2 is 1.77 bits per heavy atom. The van der Waals surface area contributed by atoms with Gasteiger partial charge in [-0.1, -0.05) is 42.5 Å². The Bertz CT molecular complexity index is 982. The first kappa shape index (κ1) is 22.0. The van der Waals surface area contributed by atoms with E-state index < -0.39 is 5.41 Å². The molecule has 0 aliphatic heterocycles. The Morgan fingerprint density at radius 3 is 2.40 bits per heavy atom. The summed E-state index contributed by atoms with van der Waals surface area (Å²) in [5.74, 6) is -0.204. The quantitative estimate of drug-likeness (QED) is 0.591. The van der Waals surface area contributed by atoms with Crippen LogP contribution in [0.2, 0.25) is 0 Å². The molecule has 1 N–H and O–H groups in total. The predicted molar refractivity (Wildman–Crippen MR) is 123 cm³/mol. The maximum Gasteiger partial charge on any atom is 0.239 e. The van der Waals surface area contributed by atoms with Crippen LogP contribution in [0.3, 0.4) is 0 Å². The number of nitrogens with one attached hydrogen (secondary N) is 1. The van der Waals surface area contributed by atoms with Gasteiger partial charge in [-0.3, -0.25) is 9.59 Å². The van der Waals surface area contributed by atoms with E-state index in [0.29, 0.717) is 13.0 Å². The summed E-state index contributed by atoms with van der Waals surface area (Å²) in [6.45, 7) is 8.21. The van der Waals surface area contributed by atoms with Crippen LogP contribution in [0.4, 0.5) is 0 Å². The molecule has 0 saturated heterocycles. The van der Waals surface area contributed by atoms with Crippen molar-refractivity contribution >= 4 is 33.4 Å². The van der Waals surface area contributed by atoms with Crippen LogP contribution in [-0.4, -0.2) is 40.8 Å². The number of carbonyl (C=O) groups is 2. The van der Waals surface area contributed by atoms with E-state index in [2.05, 4.69) is 5.32 Å². The molecule has 0 spiro atoms. The molecule has 1 unspecified atom stereocenters. The predicted octanol–water partition coefficient (Wildman–Crippen LogP) is 4.17. The summed E-state index contributed by atoms with van der Waals surface area (Å²) < 4.78 is 1.11. The summed E-state index contributed by atoms with van der Waals surface area (Å²) in [7, 11) is 0. The van der Waals surface area contributed by atoms with Crippen LogP contribution in [-0.2, 0) is 21.4 Å². The van der Waals surface area contributed by atoms with Crippen LogP contribution in [0.25, 0.3) is 10.2 Å². The molecule has 158 valence electrons. The van der Waals surface area contributed by atoms with E-state index >= 15 is 0 Å². The van der Waals surface area contributed by atoms with E-state index in [0.717, 1.165) is 20.8 Å². The number of nitrogens with zero attached hydrogens (tertiary/aromatic N) is 2.